The Morgan fingerprint density at radius 1 is 1.67 bits per heavy atom. The van der Waals surface area contributed by atoms with Crippen LogP contribution in [0.2, 0.25) is 0 Å². The number of methoxy groups -OCH3 is 1. The van der Waals surface area contributed by atoms with Crippen molar-refractivity contribution in [3.8, 4) is 5.75 Å². The Hall–Kier alpha value is -1.55. The zero-order chi connectivity index (χ0) is 10.8. The summed E-state index contributed by atoms with van der Waals surface area (Å²) in [4.78, 5) is 11.6. The minimum absolute atomic E-state index is 0.0644. The van der Waals surface area contributed by atoms with Crippen LogP contribution in [0.3, 0.4) is 0 Å². The highest BCUT2D eigenvalue weighted by molar-refractivity contribution is 5.92. The molecule has 1 aliphatic heterocycles. The van der Waals surface area contributed by atoms with Crippen LogP contribution in [-0.4, -0.2) is 26.0 Å². The third-order valence-electron chi connectivity index (χ3n) is 2.73. The molecule has 15 heavy (non-hydrogen) atoms. The fraction of sp³-hybridized carbons (Fsp3) is 0.364. The second-order valence-electron chi connectivity index (χ2n) is 3.53. The zero-order valence-corrected chi connectivity index (χ0v) is 8.62. The van der Waals surface area contributed by atoms with Gasteiger partial charge in [0.25, 0.3) is 0 Å². The summed E-state index contributed by atoms with van der Waals surface area (Å²) < 4.78 is 5.21. The Labute approximate surface area is 88.4 Å². The number of anilines is 1. The highest BCUT2D eigenvalue weighted by atomic mass is 16.5. The Kier molecular flexibility index (Phi) is 2.60. The smallest absolute Gasteiger partial charge is 0.155 e. The van der Waals surface area contributed by atoms with E-state index >= 15 is 0 Å². The number of hydrogen-bond acceptors (Lipinski definition) is 4. The average Bonchev–Trinajstić information content (AvgIpc) is 2.71. The van der Waals surface area contributed by atoms with Gasteiger partial charge in [0, 0.05) is 6.54 Å². The number of rotatable bonds is 3. The van der Waals surface area contributed by atoms with Crippen molar-refractivity contribution in [3.63, 3.8) is 0 Å². The van der Waals surface area contributed by atoms with E-state index in [-0.39, 0.29) is 18.2 Å². The largest absolute Gasteiger partial charge is 0.495 e. The van der Waals surface area contributed by atoms with Crippen molar-refractivity contribution >= 4 is 11.5 Å². The van der Waals surface area contributed by atoms with Crippen LogP contribution in [0, 0.1) is 0 Å². The van der Waals surface area contributed by atoms with E-state index < -0.39 is 0 Å². The van der Waals surface area contributed by atoms with Gasteiger partial charge in [0.05, 0.1) is 25.3 Å². The van der Waals surface area contributed by atoms with Crippen molar-refractivity contribution in [1.29, 1.82) is 0 Å². The standard InChI is InChI=1S/C11H14N2O2/c1-15-10-4-2-3-7-8(9(14)5-12)6-13-11(7)10/h2-4,8,13H,5-6,12H2,1H3. The fourth-order valence-electron chi connectivity index (χ4n) is 1.94. The number of carbonyl (C=O) groups is 1. The average molecular weight is 206 g/mol. The Balaban J connectivity index is 2.39. The third kappa shape index (κ3) is 1.57. The monoisotopic (exact) mass is 206 g/mol. The maximum Gasteiger partial charge on any atom is 0.155 e. The quantitative estimate of drug-likeness (QED) is 0.765. The van der Waals surface area contributed by atoms with Gasteiger partial charge >= 0.3 is 0 Å². The maximum absolute atomic E-state index is 11.6. The minimum Gasteiger partial charge on any atom is -0.495 e. The summed E-state index contributed by atoms with van der Waals surface area (Å²) in [6.07, 6.45) is 0. The molecule has 1 aromatic carbocycles. The summed E-state index contributed by atoms with van der Waals surface area (Å²) in [5.41, 5.74) is 7.28. The molecule has 4 heteroatoms. The van der Waals surface area contributed by atoms with Crippen LogP contribution in [0.1, 0.15) is 11.5 Å². The van der Waals surface area contributed by atoms with Gasteiger partial charge in [0.1, 0.15) is 5.75 Å². The molecule has 3 N–H and O–H groups in total. The molecule has 2 rings (SSSR count). The second kappa shape index (κ2) is 3.90. The number of hydrogen-bond donors (Lipinski definition) is 2. The lowest BCUT2D eigenvalue weighted by Gasteiger charge is -2.08. The van der Waals surface area contributed by atoms with E-state index in [1.54, 1.807) is 7.11 Å². The number of nitrogens with two attached hydrogens (primary N) is 1. The molecule has 1 atom stereocenters. The summed E-state index contributed by atoms with van der Waals surface area (Å²) in [6, 6.07) is 5.71. The molecule has 1 aromatic rings. The lowest BCUT2D eigenvalue weighted by atomic mass is 9.96. The highest BCUT2D eigenvalue weighted by Gasteiger charge is 2.29. The molecule has 0 saturated carbocycles. The minimum atomic E-state index is -0.125. The predicted molar refractivity (Wildman–Crippen MR) is 58.3 cm³/mol. The topological polar surface area (TPSA) is 64.3 Å². The Bertz CT molecular complexity index is 390. The molecular weight excluding hydrogens is 192 g/mol. The Morgan fingerprint density at radius 2 is 2.47 bits per heavy atom. The first kappa shape index (κ1) is 9.98. The van der Waals surface area contributed by atoms with E-state index in [0.29, 0.717) is 6.54 Å². The van der Waals surface area contributed by atoms with Crippen LogP contribution in [0.25, 0.3) is 0 Å². The molecule has 1 heterocycles. The van der Waals surface area contributed by atoms with Crippen molar-refractivity contribution < 1.29 is 9.53 Å². The van der Waals surface area contributed by atoms with Crippen LogP contribution in [0.5, 0.6) is 5.75 Å². The van der Waals surface area contributed by atoms with Gasteiger partial charge in [0.2, 0.25) is 0 Å². The van der Waals surface area contributed by atoms with Gasteiger partial charge in [0.15, 0.2) is 5.78 Å². The number of carbonyl (C=O) groups excluding carboxylic acids is 1. The van der Waals surface area contributed by atoms with Gasteiger partial charge in [-0.2, -0.15) is 0 Å². The summed E-state index contributed by atoms with van der Waals surface area (Å²) in [5.74, 6) is 0.717. The number of para-hydroxylation sites is 1. The van der Waals surface area contributed by atoms with Crippen LogP contribution < -0.4 is 15.8 Å². The molecule has 0 fully saturated rings. The molecule has 0 aliphatic carbocycles. The molecular formula is C11H14N2O2. The normalized spacial score (nSPS) is 18.1. The molecule has 0 bridgehead atoms. The summed E-state index contributed by atoms with van der Waals surface area (Å²) >= 11 is 0. The number of nitrogens with one attached hydrogen (secondary N) is 1. The highest BCUT2D eigenvalue weighted by Crippen LogP contribution is 2.38. The molecule has 0 radical (unpaired) electrons. The fourth-order valence-corrected chi connectivity index (χ4v) is 1.94. The second-order valence-corrected chi connectivity index (χ2v) is 3.53. The molecule has 4 nitrogen and oxygen atoms in total. The van der Waals surface area contributed by atoms with Gasteiger partial charge in [-0.05, 0) is 11.6 Å². The number of ether oxygens (including phenoxy) is 1. The maximum atomic E-state index is 11.6. The molecule has 1 aliphatic rings. The predicted octanol–water partition coefficient (Wildman–Crippen LogP) is 0.732. The SMILES string of the molecule is COc1cccc2c1NCC2C(=O)CN. The number of fused-ring (bicyclic) bond motifs is 1. The first-order valence-corrected chi connectivity index (χ1v) is 4.91. The summed E-state index contributed by atoms with van der Waals surface area (Å²) in [6.45, 7) is 0.703. The molecule has 1 unspecified atom stereocenters. The zero-order valence-electron chi connectivity index (χ0n) is 8.62. The molecule has 0 spiro atoms. The summed E-state index contributed by atoms with van der Waals surface area (Å²) in [7, 11) is 1.62. The summed E-state index contributed by atoms with van der Waals surface area (Å²) in [5, 5.41) is 3.18. The van der Waals surface area contributed by atoms with Crippen molar-refractivity contribution in [2.45, 2.75) is 5.92 Å². The van der Waals surface area contributed by atoms with Gasteiger partial charge in [-0.15, -0.1) is 0 Å². The van der Waals surface area contributed by atoms with E-state index in [0.717, 1.165) is 17.0 Å². The van der Waals surface area contributed by atoms with E-state index in [2.05, 4.69) is 5.32 Å². The van der Waals surface area contributed by atoms with E-state index in [1.165, 1.54) is 0 Å². The van der Waals surface area contributed by atoms with Gasteiger partial charge in [-0.3, -0.25) is 4.79 Å². The first-order valence-electron chi connectivity index (χ1n) is 4.91. The number of ketones is 1. The van der Waals surface area contributed by atoms with Crippen LogP contribution in [-0.2, 0) is 4.79 Å². The first-order chi connectivity index (χ1) is 7.27. The van der Waals surface area contributed by atoms with E-state index in [9.17, 15) is 4.79 Å². The van der Waals surface area contributed by atoms with Crippen LogP contribution >= 0.6 is 0 Å². The third-order valence-corrected chi connectivity index (χ3v) is 2.73. The van der Waals surface area contributed by atoms with Crippen molar-refractivity contribution in [2.24, 2.45) is 5.73 Å². The van der Waals surface area contributed by atoms with Crippen molar-refractivity contribution in [1.82, 2.24) is 0 Å². The van der Waals surface area contributed by atoms with Gasteiger partial charge < -0.3 is 15.8 Å². The molecule has 0 aromatic heterocycles. The number of benzene rings is 1. The molecule has 0 amide bonds. The van der Waals surface area contributed by atoms with Gasteiger partial charge in [-0.1, -0.05) is 12.1 Å². The lowest BCUT2D eigenvalue weighted by Crippen LogP contribution is -2.22. The number of Topliss-reactive ketones (excluding diaryl/α,β-unsaturated/α-hetero) is 1. The van der Waals surface area contributed by atoms with Crippen LogP contribution in [0.15, 0.2) is 18.2 Å². The lowest BCUT2D eigenvalue weighted by molar-refractivity contribution is -0.118. The van der Waals surface area contributed by atoms with E-state index in [1.807, 2.05) is 18.2 Å². The van der Waals surface area contributed by atoms with E-state index in [4.69, 9.17) is 10.5 Å². The van der Waals surface area contributed by atoms with Crippen molar-refractivity contribution in [3.05, 3.63) is 23.8 Å². The molecule has 0 saturated heterocycles. The Morgan fingerprint density at radius 3 is 3.13 bits per heavy atom. The molecule has 80 valence electrons. The van der Waals surface area contributed by atoms with Crippen LogP contribution in [0.4, 0.5) is 5.69 Å². The van der Waals surface area contributed by atoms with Gasteiger partial charge in [-0.25, -0.2) is 0 Å². The van der Waals surface area contributed by atoms with Crippen molar-refractivity contribution in [2.75, 3.05) is 25.5 Å².